The summed E-state index contributed by atoms with van der Waals surface area (Å²) in [5.74, 6) is 1.29. The van der Waals surface area contributed by atoms with E-state index in [2.05, 4.69) is 10.1 Å². The summed E-state index contributed by atoms with van der Waals surface area (Å²) in [6.07, 6.45) is 4.92. The highest BCUT2D eigenvalue weighted by Crippen LogP contribution is 2.45. The first-order valence-corrected chi connectivity index (χ1v) is 10.7. The predicted octanol–water partition coefficient (Wildman–Crippen LogP) is 4.42. The molecule has 0 bridgehead atoms. The van der Waals surface area contributed by atoms with Crippen molar-refractivity contribution in [3.05, 3.63) is 75.9 Å². The molecule has 0 fully saturated rings. The molecule has 3 aromatic rings. The number of nitro groups is 1. The zero-order valence-electron chi connectivity index (χ0n) is 18.8. The Balaban J connectivity index is 1.78. The monoisotopic (exact) mass is 450 g/mol. The molecule has 9 nitrogen and oxygen atoms in total. The molecular formula is C24H26N4O5. The van der Waals surface area contributed by atoms with Crippen molar-refractivity contribution in [3.8, 4) is 11.5 Å². The molecule has 0 aliphatic carbocycles. The van der Waals surface area contributed by atoms with Crippen molar-refractivity contribution < 1.29 is 19.5 Å². The minimum Gasteiger partial charge on any atom is -0.490 e. The summed E-state index contributed by atoms with van der Waals surface area (Å²) >= 11 is 0. The molecule has 9 heteroatoms. The van der Waals surface area contributed by atoms with Gasteiger partial charge in [0.15, 0.2) is 11.5 Å². The van der Waals surface area contributed by atoms with Crippen molar-refractivity contribution in [1.29, 1.82) is 0 Å². The van der Waals surface area contributed by atoms with Gasteiger partial charge >= 0.3 is 0 Å². The molecule has 2 aromatic carbocycles. The van der Waals surface area contributed by atoms with Crippen molar-refractivity contribution in [2.45, 2.75) is 45.3 Å². The Morgan fingerprint density at radius 1 is 1.39 bits per heavy atom. The molecule has 33 heavy (non-hydrogen) atoms. The molecule has 1 unspecified atom stereocenters. The van der Waals surface area contributed by atoms with Crippen LogP contribution in [-0.4, -0.2) is 37.0 Å². The molecular weight excluding hydrogens is 424 g/mol. The number of aromatic nitrogens is 3. The molecule has 1 aromatic heterocycles. The smallest absolute Gasteiger partial charge is 0.270 e. The Bertz CT molecular complexity index is 1190. The Hall–Kier alpha value is -3.72. The SMILES string of the molecule is CCCOc1cc(C(O)C(=Cc2cccc([N+](=O)[O-])c2)n2cncn2)cc2c1OC(C)(C)C2. The number of hydrogen-bond acceptors (Lipinski definition) is 7. The number of nitrogens with zero attached hydrogens (tertiary/aromatic N) is 4. The molecule has 2 heterocycles. The summed E-state index contributed by atoms with van der Waals surface area (Å²) in [5.41, 5.74) is 2.10. The van der Waals surface area contributed by atoms with Crippen LogP contribution in [0.15, 0.2) is 49.1 Å². The van der Waals surface area contributed by atoms with E-state index in [0.717, 1.165) is 12.0 Å². The Morgan fingerprint density at radius 2 is 2.21 bits per heavy atom. The molecule has 1 aliphatic heterocycles. The highest BCUT2D eigenvalue weighted by molar-refractivity contribution is 5.75. The van der Waals surface area contributed by atoms with Crippen LogP contribution in [0.3, 0.4) is 0 Å². The maximum absolute atomic E-state index is 11.4. The number of nitro benzene ring substituents is 1. The van der Waals surface area contributed by atoms with E-state index in [1.807, 2.05) is 26.8 Å². The fourth-order valence-corrected chi connectivity index (χ4v) is 3.86. The first-order chi connectivity index (χ1) is 15.8. The molecule has 172 valence electrons. The van der Waals surface area contributed by atoms with Gasteiger partial charge in [-0.05, 0) is 49.6 Å². The van der Waals surface area contributed by atoms with Crippen LogP contribution >= 0.6 is 0 Å². The van der Waals surface area contributed by atoms with Gasteiger partial charge in [0.1, 0.15) is 24.4 Å². The standard InChI is InChI=1S/C24H26N4O5/c1-4-8-32-21-12-17(11-18-13-24(2,3)33-23(18)21)22(29)20(27-15-25-14-26-27)10-16-6-5-7-19(9-16)28(30)31/h5-7,9-12,14-15,22,29H,4,8,13H2,1-3H3. The van der Waals surface area contributed by atoms with E-state index in [9.17, 15) is 15.2 Å². The average Bonchev–Trinajstić information content (AvgIpc) is 3.42. The maximum atomic E-state index is 11.4. The van der Waals surface area contributed by atoms with Gasteiger partial charge in [-0.2, -0.15) is 5.10 Å². The van der Waals surface area contributed by atoms with Gasteiger partial charge in [-0.1, -0.05) is 19.1 Å². The van der Waals surface area contributed by atoms with Crippen molar-refractivity contribution in [2.75, 3.05) is 6.61 Å². The van der Waals surface area contributed by atoms with E-state index in [-0.39, 0.29) is 11.3 Å². The molecule has 1 N–H and O–H groups in total. The lowest BCUT2D eigenvalue weighted by atomic mass is 9.96. The number of aliphatic hydroxyl groups is 1. The number of ether oxygens (including phenoxy) is 2. The zero-order chi connectivity index (χ0) is 23.6. The second kappa shape index (κ2) is 9.03. The molecule has 1 aliphatic rings. The van der Waals surface area contributed by atoms with Crippen molar-refractivity contribution in [1.82, 2.24) is 14.8 Å². The molecule has 1 atom stereocenters. The van der Waals surface area contributed by atoms with Crippen LogP contribution in [0.1, 0.15) is 50.0 Å². The third-order valence-corrected chi connectivity index (χ3v) is 5.29. The van der Waals surface area contributed by atoms with Crippen molar-refractivity contribution >= 4 is 17.5 Å². The van der Waals surface area contributed by atoms with Gasteiger partial charge in [-0.25, -0.2) is 9.67 Å². The predicted molar refractivity (Wildman–Crippen MR) is 123 cm³/mol. The summed E-state index contributed by atoms with van der Waals surface area (Å²) in [7, 11) is 0. The average molecular weight is 450 g/mol. The van der Waals surface area contributed by atoms with Crippen LogP contribution in [0.25, 0.3) is 11.8 Å². The number of hydrogen-bond donors (Lipinski definition) is 1. The quantitative estimate of drug-likeness (QED) is 0.399. The van der Waals surface area contributed by atoms with E-state index in [1.54, 1.807) is 24.3 Å². The molecule has 0 saturated heterocycles. The number of rotatable bonds is 8. The number of fused-ring (bicyclic) bond motifs is 1. The Kier molecular flexibility index (Phi) is 6.15. The summed E-state index contributed by atoms with van der Waals surface area (Å²) in [4.78, 5) is 14.7. The summed E-state index contributed by atoms with van der Waals surface area (Å²) in [6, 6.07) is 9.87. The molecule has 0 saturated carbocycles. The van der Waals surface area contributed by atoms with Crippen LogP contribution in [-0.2, 0) is 6.42 Å². The largest absolute Gasteiger partial charge is 0.490 e. The molecule has 4 rings (SSSR count). The number of aliphatic hydroxyl groups excluding tert-OH is 1. The van der Waals surface area contributed by atoms with Crippen molar-refractivity contribution in [2.24, 2.45) is 0 Å². The molecule has 0 amide bonds. The van der Waals surface area contributed by atoms with Crippen molar-refractivity contribution in [3.63, 3.8) is 0 Å². The van der Waals surface area contributed by atoms with Gasteiger partial charge in [0, 0.05) is 24.1 Å². The van der Waals surface area contributed by atoms with Crippen LogP contribution < -0.4 is 9.47 Å². The second-order valence-electron chi connectivity index (χ2n) is 8.56. The third-order valence-electron chi connectivity index (χ3n) is 5.29. The minimum absolute atomic E-state index is 0.0386. The fourth-order valence-electron chi connectivity index (χ4n) is 3.86. The Labute approximate surface area is 191 Å². The normalized spacial score (nSPS) is 15.6. The molecule has 0 spiro atoms. The van der Waals surface area contributed by atoms with E-state index >= 15 is 0 Å². The third kappa shape index (κ3) is 4.88. The topological polar surface area (TPSA) is 113 Å². The van der Waals surface area contributed by atoms with Crippen LogP contribution in [0, 0.1) is 10.1 Å². The summed E-state index contributed by atoms with van der Waals surface area (Å²) in [5, 5.41) is 26.8. The maximum Gasteiger partial charge on any atom is 0.270 e. The minimum atomic E-state index is -1.09. The van der Waals surface area contributed by atoms with Gasteiger partial charge in [0.05, 0.1) is 17.2 Å². The van der Waals surface area contributed by atoms with Gasteiger partial charge < -0.3 is 14.6 Å². The number of benzene rings is 2. The van der Waals surface area contributed by atoms with E-state index in [0.29, 0.717) is 41.4 Å². The fraction of sp³-hybridized carbons (Fsp3) is 0.333. The van der Waals surface area contributed by atoms with Crippen LogP contribution in [0.5, 0.6) is 11.5 Å². The zero-order valence-corrected chi connectivity index (χ0v) is 18.8. The second-order valence-corrected chi connectivity index (χ2v) is 8.56. The van der Waals surface area contributed by atoms with Gasteiger partial charge in [-0.15, -0.1) is 0 Å². The number of non-ortho nitro benzene ring substituents is 1. The lowest BCUT2D eigenvalue weighted by Crippen LogP contribution is -2.24. The van der Waals surface area contributed by atoms with Crippen LogP contribution in [0.2, 0.25) is 0 Å². The summed E-state index contributed by atoms with van der Waals surface area (Å²) < 4.78 is 13.5. The van der Waals surface area contributed by atoms with Gasteiger partial charge in [0.25, 0.3) is 5.69 Å². The lowest BCUT2D eigenvalue weighted by Gasteiger charge is -2.19. The van der Waals surface area contributed by atoms with Gasteiger partial charge in [0.2, 0.25) is 0 Å². The highest BCUT2D eigenvalue weighted by atomic mass is 16.6. The molecule has 0 radical (unpaired) electrons. The Morgan fingerprint density at radius 3 is 2.91 bits per heavy atom. The van der Waals surface area contributed by atoms with Crippen LogP contribution in [0.4, 0.5) is 5.69 Å². The summed E-state index contributed by atoms with van der Waals surface area (Å²) in [6.45, 7) is 6.56. The highest BCUT2D eigenvalue weighted by Gasteiger charge is 2.34. The van der Waals surface area contributed by atoms with E-state index < -0.39 is 11.0 Å². The first kappa shape index (κ1) is 22.5. The van der Waals surface area contributed by atoms with E-state index in [4.69, 9.17) is 9.47 Å². The van der Waals surface area contributed by atoms with E-state index in [1.165, 1.54) is 29.5 Å². The van der Waals surface area contributed by atoms with Gasteiger partial charge in [-0.3, -0.25) is 10.1 Å². The lowest BCUT2D eigenvalue weighted by molar-refractivity contribution is -0.384. The first-order valence-electron chi connectivity index (χ1n) is 10.7.